The Morgan fingerprint density at radius 2 is 1.70 bits per heavy atom. The molecule has 2 aromatic carbocycles. The van der Waals surface area contributed by atoms with Crippen molar-refractivity contribution in [3.8, 4) is 0 Å². The van der Waals surface area contributed by atoms with Crippen molar-refractivity contribution in [3.63, 3.8) is 0 Å². The van der Waals surface area contributed by atoms with Gasteiger partial charge in [-0.1, -0.05) is 69.3 Å². The van der Waals surface area contributed by atoms with Gasteiger partial charge < -0.3 is 10.2 Å². The molecule has 0 aromatic heterocycles. The van der Waals surface area contributed by atoms with Crippen LogP contribution < -0.4 is 5.32 Å². The van der Waals surface area contributed by atoms with Crippen LogP contribution in [0.15, 0.2) is 54.6 Å². The summed E-state index contributed by atoms with van der Waals surface area (Å²) in [7, 11) is 0. The van der Waals surface area contributed by atoms with Crippen LogP contribution in [0.5, 0.6) is 0 Å². The van der Waals surface area contributed by atoms with Crippen LogP contribution in [-0.4, -0.2) is 34.2 Å². The Morgan fingerprint density at radius 1 is 1.07 bits per heavy atom. The number of benzene rings is 2. The van der Waals surface area contributed by atoms with Crippen LogP contribution >= 0.6 is 0 Å². The zero-order valence-electron chi connectivity index (χ0n) is 17.7. The molecule has 0 aliphatic heterocycles. The summed E-state index contributed by atoms with van der Waals surface area (Å²) in [6, 6.07) is 15.0. The van der Waals surface area contributed by atoms with Crippen LogP contribution in [0, 0.1) is 16.0 Å². The van der Waals surface area contributed by atoms with E-state index >= 15 is 0 Å². The summed E-state index contributed by atoms with van der Waals surface area (Å²) in [5.41, 5.74) is 1.13. The number of carbonyl (C=O) groups excluding carboxylic acids is 2. The van der Waals surface area contributed by atoms with Gasteiger partial charge in [0.25, 0.3) is 5.69 Å². The Balaban J connectivity index is 2.31. The fourth-order valence-electron chi connectivity index (χ4n) is 3.23. The van der Waals surface area contributed by atoms with Crippen molar-refractivity contribution in [3.05, 3.63) is 75.8 Å². The number of nitro benzene ring substituents is 1. The van der Waals surface area contributed by atoms with Gasteiger partial charge in [0.15, 0.2) is 0 Å². The van der Waals surface area contributed by atoms with Gasteiger partial charge in [-0.3, -0.25) is 19.7 Å². The van der Waals surface area contributed by atoms with Crippen molar-refractivity contribution in [2.45, 2.75) is 46.2 Å². The minimum atomic E-state index is -0.653. The predicted octanol–water partition coefficient (Wildman–Crippen LogP) is 3.72. The lowest BCUT2D eigenvalue weighted by molar-refractivity contribution is -0.385. The van der Waals surface area contributed by atoms with E-state index in [0.29, 0.717) is 18.5 Å². The number of hydrogen-bond acceptors (Lipinski definition) is 4. The highest BCUT2D eigenvalue weighted by Gasteiger charge is 2.29. The maximum Gasteiger partial charge on any atom is 0.273 e. The third kappa shape index (κ3) is 6.40. The van der Waals surface area contributed by atoms with Gasteiger partial charge in [-0.15, -0.1) is 0 Å². The van der Waals surface area contributed by atoms with Gasteiger partial charge in [0.1, 0.15) is 6.04 Å². The van der Waals surface area contributed by atoms with Gasteiger partial charge in [0.2, 0.25) is 11.8 Å². The van der Waals surface area contributed by atoms with Gasteiger partial charge in [-0.25, -0.2) is 0 Å². The van der Waals surface area contributed by atoms with Crippen molar-refractivity contribution in [1.82, 2.24) is 10.2 Å². The van der Waals surface area contributed by atoms with E-state index in [1.54, 1.807) is 18.2 Å². The van der Waals surface area contributed by atoms with Crippen molar-refractivity contribution < 1.29 is 14.5 Å². The molecule has 0 bridgehead atoms. The first-order chi connectivity index (χ1) is 14.3. The molecule has 30 heavy (non-hydrogen) atoms. The Labute approximate surface area is 177 Å². The second kappa shape index (κ2) is 11.1. The smallest absolute Gasteiger partial charge is 0.273 e. The van der Waals surface area contributed by atoms with Crippen molar-refractivity contribution in [1.29, 1.82) is 0 Å². The minimum absolute atomic E-state index is 0.0946. The van der Waals surface area contributed by atoms with E-state index in [2.05, 4.69) is 5.32 Å². The molecule has 7 nitrogen and oxygen atoms in total. The summed E-state index contributed by atoms with van der Waals surface area (Å²) in [5.74, 6) is -0.241. The molecule has 0 saturated carbocycles. The standard InChI is InChI=1S/C23H29N3O4/c1-4-20(23(28)24-15-17(2)3)25(16-18-10-6-5-7-11-18)22(27)14-19-12-8-9-13-21(19)26(29)30/h5-13,17,20H,4,14-16H2,1-3H3,(H,24,28)/t20-/m0/s1. The highest BCUT2D eigenvalue weighted by molar-refractivity contribution is 5.88. The summed E-state index contributed by atoms with van der Waals surface area (Å²) in [5, 5.41) is 14.2. The van der Waals surface area contributed by atoms with E-state index in [9.17, 15) is 19.7 Å². The number of hydrogen-bond donors (Lipinski definition) is 1. The number of amides is 2. The first-order valence-corrected chi connectivity index (χ1v) is 10.2. The molecule has 0 aliphatic carbocycles. The Morgan fingerprint density at radius 3 is 2.30 bits per heavy atom. The van der Waals surface area contributed by atoms with E-state index in [1.807, 2.05) is 51.1 Å². The second-order valence-electron chi connectivity index (χ2n) is 7.63. The molecule has 0 unspecified atom stereocenters. The molecule has 1 N–H and O–H groups in total. The second-order valence-corrected chi connectivity index (χ2v) is 7.63. The van der Waals surface area contributed by atoms with E-state index in [-0.39, 0.29) is 36.4 Å². The lowest BCUT2D eigenvalue weighted by Gasteiger charge is -2.31. The van der Waals surface area contributed by atoms with E-state index in [1.165, 1.54) is 11.0 Å². The number of para-hydroxylation sites is 1. The third-order valence-electron chi connectivity index (χ3n) is 4.80. The summed E-state index contributed by atoms with van der Waals surface area (Å²) in [6.07, 6.45) is 0.303. The molecular weight excluding hydrogens is 382 g/mol. The largest absolute Gasteiger partial charge is 0.354 e. The predicted molar refractivity (Wildman–Crippen MR) is 116 cm³/mol. The van der Waals surface area contributed by atoms with Crippen LogP contribution in [0.2, 0.25) is 0 Å². The molecule has 0 fully saturated rings. The SMILES string of the molecule is CC[C@@H](C(=O)NCC(C)C)N(Cc1ccccc1)C(=O)Cc1ccccc1[N+](=O)[O-]. The molecule has 7 heteroatoms. The lowest BCUT2D eigenvalue weighted by Crippen LogP contribution is -2.50. The first kappa shape index (κ1) is 23.1. The van der Waals surface area contributed by atoms with Crippen LogP contribution in [0.25, 0.3) is 0 Å². The number of nitrogens with zero attached hydrogens (tertiary/aromatic N) is 2. The maximum atomic E-state index is 13.3. The average Bonchev–Trinajstić information content (AvgIpc) is 2.73. The number of carbonyl (C=O) groups is 2. The third-order valence-corrected chi connectivity index (χ3v) is 4.80. The highest BCUT2D eigenvalue weighted by Crippen LogP contribution is 2.21. The zero-order valence-corrected chi connectivity index (χ0v) is 17.7. The molecule has 1 atom stereocenters. The minimum Gasteiger partial charge on any atom is -0.354 e. The normalized spacial score (nSPS) is 11.7. The molecule has 0 heterocycles. The Kier molecular flexibility index (Phi) is 8.53. The molecule has 160 valence electrons. The van der Waals surface area contributed by atoms with Gasteiger partial charge in [0, 0.05) is 24.7 Å². The fourth-order valence-corrected chi connectivity index (χ4v) is 3.23. The molecule has 2 amide bonds. The fraction of sp³-hybridized carbons (Fsp3) is 0.391. The van der Waals surface area contributed by atoms with E-state index < -0.39 is 11.0 Å². The zero-order chi connectivity index (χ0) is 22.1. The van der Waals surface area contributed by atoms with Gasteiger partial charge >= 0.3 is 0 Å². The van der Waals surface area contributed by atoms with Crippen LogP contribution in [0.3, 0.4) is 0 Å². The molecule has 2 aromatic rings. The number of rotatable bonds is 10. The Hall–Kier alpha value is -3.22. The Bertz CT molecular complexity index is 868. The van der Waals surface area contributed by atoms with Gasteiger partial charge in [-0.2, -0.15) is 0 Å². The lowest BCUT2D eigenvalue weighted by atomic mass is 10.1. The van der Waals surface area contributed by atoms with Crippen molar-refractivity contribution in [2.24, 2.45) is 5.92 Å². The van der Waals surface area contributed by atoms with Crippen molar-refractivity contribution in [2.75, 3.05) is 6.54 Å². The molecule has 0 aliphatic rings. The van der Waals surface area contributed by atoms with E-state index in [4.69, 9.17) is 0 Å². The first-order valence-electron chi connectivity index (χ1n) is 10.2. The average molecular weight is 412 g/mol. The number of nitrogens with one attached hydrogen (secondary N) is 1. The van der Waals surface area contributed by atoms with E-state index in [0.717, 1.165) is 5.56 Å². The molecule has 0 spiro atoms. The quantitative estimate of drug-likeness (QED) is 0.476. The maximum absolute atomic E-state index is 13.3. The van der Waals surface area contributed by atoms with Gasteiger partial charge in [-0.05, 0) is 17.9 Å². The molecular formula is C23H29N3O4. The molecule has 2 rings (SSSR count). The summed E-state index contributed by atoms with van der Waals surface area (Å²) in [4.78, 5) is 38.5. The molecule has 0 radical (unpaired) electrons. The summed E-state index contributed by atoms with van der Waals surface area (Å²) in [6.45, 7) is 6.64. The highest BCUT2D eigenvalue weighted by atomic mass is 16.6. The van der Waals surface area contributed by atoms with Crippen LogP contribution in [-0.2, 0) is 22.6 Å². The molecule has 0 saturated heterocycles. The van der Waals surface area contributed by atoms with Crippen LogP contribution in [0.1, 0.15) is 38.3 Å². The van der Waals surface area contributed by atoms with Gasteiger partial charge in [0.05, 0.1) is 11.3 Å². The topological polar surface area (TPSA) is 92.6 Å². The summed E-state index contributed by atoms with van der Waals surface area (Å²) < 4.78 is 0. The summed E-state index contributed by atoms with van der Waals surface area (Å²) >= 11 is 0. The van der Waals surface area contributed by atoms with Crippen LogP contribution in [0.4, 0.5) is 5.69 Å². The monoisotopic (exact) mass is 411 g/mol. The number of nitro groups is 1. The van der Waals surface area contributed by atoms with Crippen molar-refractivity contribution >= 4 is 17.5 Å².